The molecular formula is C14H19BrN4O. The van der Waals surface area contributed by atoms with E-state index >= 15 is 0 Å². The Kier molecular flexibility index (Phi) is 4.42. The monoisotopic (exact) mass is 338 g/mol. The molecule has 0 bridgehead atoms. The van der Waals surface area contributed by atoms with Crippen molar-refractivity contribution in [1.29, 1.82) is 0 Å². The molecule has 5 nitrogen and oxygen atoms in total. The van der Waals surface area contributed by atoms with Crippen LogP contribution in [0, 0.1) is 0 Å². The predicted molar refractivity (Wildman–Crippen MR) is 80.9 cm³/mol. The maximum atomic E-state index is 12.4. The van der Waals surface area contributed by atoms with Crippen LogP contribution >= 0.6 is 15.9 Å². The van der Waals surface area contributed by atoms with E-state index in [0.29, 0.717) is 12.1 Å². The zero-order valence-electron chi connectivity index (χ0n) is 12.3. The van der Waals surface area contributed by atoms with E-state index in [9.17, 15) is 4.79 Å². The third kappa shape index (κ3) is 2.70. The molecule has 0 fully saturated rings. The van der Waals surface area contributed by atoms with E-state index in [1.54, 1.807) is 9.36 Å². The Hall–Kier alpha value is -1.43. The summed E-state index contributed by atoms with van der Waals surface area (Å²) in [4.78, 5) is 12.4. The van der Waals surface area contributed by atoms with Crippen molar-refractivity contribution in [3.63, 3.8) is 0 Å². The maximum absolute atomic E-state index is 12.4. The fourth-order valence-electron chi connectivity index (χ4n) is 2.21. The smallest absolute Gasteiger partial charge is 0.186 e. The minimum Gasteiger partial charge on any atom is -0.292 e. The Balaban J connectivity index is 2.27. The molecule has 0 amide bonds. The molecule has 6 heteroatoms. The van der Waals surface area contributed by atoms with Gasteiger partial charge in [-0.1, -0.05) is 13.8 Å². The first-order valence-corrected chi connectivity index (χ1v) is 7.53. The van der Waals surface area contributed by atoms with Crippen LogP contribution in [-0.4, -0.2) is 25.3 Å². The van der Waals surface area contributed by atoms with E-state index in [2.05, 4.69) is 26.1 Å². The number of halogens is 1. The van der Waals surface area contributed by atoms with Crippen molar-refractivity contribution >= 4 is 21.7 Å². The Labute approximate surface area is 127 Å². The first-order chi connectivity index (χ1) is 9.47. The molecule has 0 aromatic carbocycles. The summed E-state index contributed by atoms with van der Waals surface area (Å²) in [6.07, 6.45) is 2.00. The minimum absolute atomic E-state index is 0.0612. The Bertz CT molecular complexity index is 642. The molecular weight excluding hydrogens is 320 g/mol. The summed E-state index contributed by atoms with van der Waals surface area (Å²) in [6.45, 7) is 4.08. The lowest BCUT2D eigenvalue weighted by Gasteiger charge is -2.03. The normalized spacial score (nSPS) is 11.1. The highest BCUT2D eigenvalue weighted by molar-refractivity contribution is 9.10. The van der Waals surface area contributed by atoms with Gasteiger partial charge in [0.05, 0.1) is 28.0 Å². The average molecular weight is 339 g/mol. The fourth-order valence-corrected chi connectivity index (χ4v) is 2.97. The second-order valence-corrected chi connectivity index (χ2v) is 5.58. The summed E-state index contributed by atoms with van der Waals surface area (Å²) in [5, 5.41) is 8.73. The topological polar surface area (TPSA) is 52.7 Å². The average Bonchev–Trinajstić information content (AvgIpc) is 2.93. The zero-order chi connectivity index (χ0) is 14.9. The summed E-state index contributed by atoms with van der Waals surface area (Å²) in [5.41, 5.74) is 3.47. The predicted octanol–water partition coefficient (Wildman–Crippen LogP) is 2.47. The molecule has 0 saturated carbocycles. The maximum Gasteiger partial charge on any atom is 0.186 e. The molecule has 0 radical (unpaired) electrons. The highest BCUT2D eigenvalue weighted by Gasteiger charge is 2.19. The van der Waals surface area contributed by atoms with Crippen LogP contribution in [-0.2, 0) is 33.4 Å². The van der Waals surface area contributed by atoms with E-state index in [-0.39, 0.29) is 5.78 Å². The number of aryl methyl sites for hydroxylation is 4. The van der Waals surface area contributed by atoms with Gasteiger partial charge in [0.25, 0.3) is 0 Å². The molecule has 0 aliphatic rings. The number of nitrogens with zero attached hydrogens (tertiary/aromatic N) is 4. The summed E-state index contributed by atoms with van der Waals surface area (Å²) in [7, 11) is 3.68. The number of carbonyl (C=O) groups excluding carboxylic acids is 1. The van der Waals surface area contributed by atoms with Crippen LogP contribution < -0.4 is 0 Å². The largest absolute Gasteiger partial charge is 0.292 e. The molecule has 0 spiro atoms. The van der Waals surface area contributed by atoms with Crippen molar-refractivity contribution in [1.82, 2.24) is 19.6 Å². The minimum atomic E-state index is 0.0612. The van der Waals surface area contributed by atoms with Crippen LogP contribution in [0.3, 0.4) is 0 Å². The molecule has 2 rings (SSSR count). The molecule has 2 heterocycles. The molecule has 0 aliphatic carbocycles. The first kappa shape index (κ1) is 15.0. The van der Waals surface area contributed by atoms with Crippen LogP contribution in [0.2, 0.25) is 0 Å². The van der Waals surface area contributed by atoms with Gasteiger partial charge < -0.3 is 0 Å². The van der Waals surface area contributed by atoms with Gasteiger partial charge in [0.1, 0.15) is 5.69 Å². The summed E-state index contributed by atoms with van der Waals surface area (Å²) in [6, 6.07) is 1.87. The number of hydrogen-bond acceptors (Lipinski definition) is 3. The van der Waals surface area contributed by atoms with Crippen LogP contribution in [0.15, 0.2) is 10.5 Å². The van der Waals surface area contributed by atoms with Gasteiger partial charge in [-0.2, -0.15) is 10.2 Å². The molecule has 0 N–H and O–H groups in total. The van der Waals surface area contributed by atoms with Crippen molar-refractivity contribution in [3.05, 3.63) is 33.3 Å². The SMILES string of the molecule is CCc1cc(C(=O)Cc2c(Br)c(CC)nn2C)n(C)n1. The second-order valence-electron chi connectivity index (χ2n) is 4.78. The summed E-state index contributed by atoms with van der Waals surface area (Å²) >= 11 is 3.54. The number of ketones is 1. The van der Waals surface area contributed by atoms with Gasteiger partial charge in [-0.25, -0.2) is 0 Å². The third-order valence-electron chi connectivity index (χ3n) is 3.41. The standard InChI is InChI=1S/C14H19BrN4O/c1-5-9-7-11(18(3)16-9)13(20)8-12-14(15)10(6-2)17-19(12)4/h7H,5-6,8H2,1-4H3. The van der Waals surface area contributed by atoms with E-state index in [0.717, 1.165) is 34.4 Å². The van der Waals surface area contributed by atoms with Gasteiger partial charge in [0, 0.05) is 14.1 Å². The Morgan fingerprint density at radius 2 is 1.90 bits per heavy atom. The van der Waals surface area contributed by atoms with Crippen molar-refractivity contribution in [3.8, 4) is 0 Å². The van der Waals surface area contributed by atoms with Crippen molar-refractivity contribution < 1.29 is 4.79 Å². The van der Waals surface area contributed by atoms with Gasteiger partial charge in [-0.15, -0.1) is 0 Å². The van der Waals surface area contributed by atoms with Gasteiger partial charge >= 0.3 is 0 Å². The van der Waals surface area contributed by atoms with Crippen LogP contribution in [0.5, 0.6) is 0 Å². The van der Waals surface area contributed by atoms with Gasteiger partial charge in [-0.3, -0.25) is 14.2 Å². The molecule has 0 atom stereocenters. The second kappa shape index (κ2) is 5.91. The number of Topliss-reactive ketones (excluding diaryl/α,β-unsaturated/α-hetero) is 1. The molecule has 108 valence electrons. The summed E-state index contributed by atoms with van der Waals surface area (Å²) in [5.74, 6) is 0.0612. The quantitative estimate of drug-likeness (QED) is 0.787. The zero-order valence-corrected chi connectivity index (χ0v) is 13.9. The van der Waals surface area contributed by atoms with Crippen LogP contribution in [0.25, 0.3) is 0 Å². The lowest BCUT2D eigenvalue weighted by Crippen LogP contribution is -2.12. The van der Waals surface area contributed by atoms with E-state index in [1.807, 2.05) is 34.0 Å². The van der Waals surface area contributed by atoms with Crippen LogP contribution in [0.1, 0.15) is 41.4 Å². The Morgan fingerprint density at radius 3 is 2.40 bits per heavy atom. The van der Waals surface area contributed by atoms with Crippen molar-refractivity contribution in [2.75, 3.05) is 0 Å². The van der Waals surface area contributed by atoms with Crippen molar-refractivity contribution in [2.45, 2.75) is 33.1 Å². The molecule has 20 heavy (non-hydrogen) atoms. The molecule has 2 aromatic rings. The number of hydrogen-bond donors (Lipinski definition) is 0. The molecule has 0 saturated heterocycles. The summed E-state index contributed by atoms with van der Waals surface area (Å²) < 4.78 is 4.37. The highest BCUT2D eigenvalue weighted by atomic mass is 79.9. The Morgan fingerprint density at radius 1 is 1.20 bits per heavy atom. The molecule has 2 aromatic heterocycles. The fraction of sp³-hybridized carbons (Fsp3) is 0.500. The highest BCUT2D eigenvalue weighted by Crippen LogP contribution is 2.23. The van der Waals surface area contributed by atoms with E-state index in [1.165, 1.54) is 0 Å². The van der Waals surface area contributed by atoms with Gasteiger partial charge in [0.2, 0.25) is 0 Å². The number of rotatable bonds is 5. The lowest BCUT2D eigenvalue weighted by molar-refractivity contribution is 0.0981. The lowest BCUT2D eigenvalue weighted by atomic mass is 10.1. The van der Waals surface area contributed by atoms with E-state index in [4.69, 9.17) is 0 Å². The molecule has 0 unspecified atom stereocenters. The van der Waals surface area contributed by atoms with Gasteiger partial charge in [-0.05, 0) is 34.8 Å². The van der Waals surface area contributed by atoms with Gasteiger partial charge in [0.15, 0.2) is 5.78 Å². The molecule has 0 aliphatic heterocycles. The number of carbonyl (C=O) groups is 1. The number of aromatic nitrogens is 4. The third-order valence-corrected chi connectivity index (χ3v) is 4.32. The van der Waals surface area contributed by atoms with Crippen LogP contribution in [0.4, 0.5) is 0 Å². The van der Waals surface area contributed by atoms with Crippen molar-refractivity contribution in [2.24, 2.45) is 14.1 Å². The van der Waals surface area contributed by atoms with E-state index < -0.39 is 0 Å². The first-order valence-electron chi connectivity index (χ1n) is 6.74.